The summed E-state index contributed by atoms with van der Waals surface area (Å²) in [5.41, 5.74) is 2.87. The molecule has 184 valence electrons. The Morgan fingerprint density at radius 1 is 1.09 bits per heavy atom. The molecule has 3 rings (SSSR count). The van der Waals surface area contributed by atoms with Crippen molar-refractivity contribution in [2.45, 2.75) is 25.9 Å². The third-order valence-corrected chi connectivity index (χ3v) is 6.33. The molecule has 0 saturated heterocycles. The molecule has 35 heavy (non-hydrogen) atoms. The first-order chi connectivity index (χ1) is 16.5. The van der Waals surface area contributed by atoms with Gasteiger partial charge in [-0.1, -0.05) is 37.6 Å². The first-order valence-corrected chi connectivity index (χ1v) is 13.4. The van der Waals surface area contributed by atoms with E-state index < -0.39 is 15.4 Å². The minimum Gasteiger partial charge on any atom is -0.489 e. The van der Waals surface area contributed by atoms with Crippen LogP contribution in [-0.4, -0.2) is 32.1 Å². The van der Waals surface area contributed by atoms with Gasteiger partial charge in [0.25, 0.3) is 0 Å². The standard InChI is InChI=1S/C25H25Cl2N3O4S/c1-25(2,20-11-18(13-28)24(23(27)12-20)33-9-8-26)19-4-6-22(7-5-19)34-16-17-10-21(15-29-14-17)30-35(3,31)32/h4-7,10-12,14-15,30H,8-9,16H2,1-3H3. The number of aromatic nitrogens is 1. The lowest BCUT2D eigenvalue weighted by Gasteiger charge is -2.27. The monoisotopic (exact) mass is 533 g/mol. The molecule has 0 aliphatic heterocycles. The summed E-state index contributed by atoms with van der Waals surface area (Å²) < 4.78 is 36.6. The van der Waals surface area contributed by atoms with E-state index in [1.165, 1.54) is 6.20 Å². The molecule has 0 atom stereocenters. The number of nitrogens with one attached hydrogen (secondary N) is 1. The van der Waals surface area contributed by atoms with E-state index >= 15 is 0 Å². The molecule has 0 amide bonds. The van der Waals surface area contributed by atoms with Crippen LogP contribution >= 0.6 is 23.2 Å². The van der Waals surface area contributed by atoms with E-state index in [1.807, 2.05) is 38.1 Å². The number of rotatable bonds is 10. The Kier molecular flexibility index (Phi) is 8.49. The number of ether oxygens (including phenoxy) is 2. The molecule has 0 radical (unpaired) electrons. The molecule has 10 heteroatoms. The molecule has 0 spiro atoms. The molecule has 1 N–H and O–H groups in total. The quantitative estimate of drug-likeness (QED) is 0.345. The minimum atomic E-state index is -3.39. The van der Waals surface area contributed by atoms with Crippen LogP contribution < -0.4 is 14.2 Å². The van der Waals surface area contributed by atoms with Gasteiger partial charge in [-0.25, -0.2) is 8.42 Å². The summed E-state index contributed by atoms with van der Waals surface area (Å²) in [6.45, 7) is 4.57. The number of pyridine rings is 1. The SMILES string of the molecule is CC(C)(c1ccc(OCc2cncc(NS(C)(=O)=O)c2)cc1)c1cc(Cl)c(OCCCl)c(C#N)c1. The summed E-state index contributed by atoms with van der Waals surface area (Å²) in [4.78, 5) is 4.05. The summed E-state index contributed by atoms with van der Waals surface area (Å²) in [5.74, 6) is 1.28. The van der Waals surface area contributed by atoms with Gasteiger partial charge in [0.05, 0.1) is 34.6 Å². The summed E-state index contributed by atoms with van der Waals surface area (Å²) in [5, 5.41) is 9.95. The lowest BCUT2D eigenvalue weighted by molar-refractivity contribution is 0.305. The van der Waals surface area contributed by atoms with E-state index in [-0.39, 0.29) is 13.2 Å². The molecule has 2 aromatic carbocycles. The van der Waals surface area contributed by atoms with Gasteiger partial charge in [-0.15, -0.1) is 11.6 Å². The molecule has 0 unspecified atom stereocenters. The van der Waals surface area contributed by atoms with Crippen molar-refractivity contribution in [3.8, 4) is 17.6 Å². The van der Waals surface area contributed by atoms with E-state index in [9.17, 15) is 13.7 Å². The van der Waals surface area contributed by atoms with Crippen LogP contribution in [0.2, 0.25) is 5.02 Å². The number of nitriles is 1. The van der Waals surface area contributed by atoms with E-state index in [1.54, 1.807) is 24.4 Å². The molecular weight excluding hydrogens is 509 g/mol. The van der Waals surface area contributed by atoms with Crippen LogP contribution in [0.5, 0.6) is 11.5 Å². The zero-order valence-electron chi connectivity index (χ0n) is 19.5. The largest absolute Gasteiger partial charge is 0.489 e. The summed E-state index contributed by atoms with van der Waals surface area (Å²) >= 11 is 12.1. The number of hydrogen-bond donors (Lipinski definition) is 1. The summed E-state index contributed by atoms with van der Waals surface area (Å²) in [6.07, 6.45) is 4.13. The normalized spacial score (nSPS) is 11.5. The average Bonchev–Trinajstić information content (AvgIpc) is 2.81. The van der Waals surface area contributed by atoms with Crippen molar-refractivity contribution >= 4 is 38.9 Å². The highest BCUT2D eigenvalue weighted by Gasteiger charge is 2.26. The maximum absolute atomic E-state index is 11.4. The van der Waals surface area contributed by atoms with E-state index in [0.717, 1.165) is 22.9 Å². The number of benzene rings is 2. The Morgan fingerprint density at radius 2 is 1.80 bits per heavy atom. The number of sulfonamides is 1. The molecule has 0 bridgehead atoms. The Hall–Kier alpha value is -2.99. The predicted molar refractivity (Wildman–Crippen MR) is 138 cm³/mol. The Morgan fingerprint density at radius 3 is 2.43 bits per heavy atom. The second kappa shape index (κ2) is 11.2. The molecular formula is C25H25Cl2N3O4S. The van der Waals surface area contributed by atoms with Gasteiger partial charge in [0.1, 0.15) is 25.0 Å². The first kappa shape index (κ1) is 26.6. The molecule has 1 heterocycles. The fraction of sp³-hybridized carbons (Fsp3) is 0.280. The predicted octanol–water partition coefficient (Wildman–Crippen LogP) is 5.50. The van der Waals surface area contributed by atoms with Crippen molar-refractivity contribution in [2.75, 3.05) is 23.5 Å². The number of nitrogens with zero attached hydrogens (tertiary/aromatic N) is 2. The number of alkyl halides is 1. The second-order valence-electron chi connectivity index (χ2n) is 8.38. The van der Waals surface area contributed by atoms with Gasteiger partial charge in [-0.3, -0.25) is 9.71 Å². The van der Waals surface area contributed by atoms with E-state index in [2.05, 4.69) is 15.8 Å². The van der Waals surface area contributed by atoms with E-state index in [4.69, 9.17) is 32.7 Å². The third-order valence-electron chi connectivity index (χ3n) is 5.29. The Labute approximate surface area is 215 Å². The lowest BCUT2D eigenvalue weighted by atomic mass is 9.77. The zero-order valence-corrected chi connectivity index (χ0v) is 21.8. The average molecular weight is 534 g/mol. The molecule has 1 aromatic heterocycles. The van der Waals surface area contributed by atoms with Crippen LogP contribution in [0.3, 0.4) is 0 Å². The van der Waals surface area contributed by atoms with Gasteiger partial charge >= 0.3 is 0 Å². The van der Waals surface area contributed by atoms with Crippen LogP contribution in [0, 0.1) is 11.3 Å². The lowest BCUT2D eigenvalue weighted by Crippen LogP contribution is -2.19. The number of hydrogen-bond acceptors (Lipinski definition) is 6. The molecule has 0 fully saturated rings. The maximum atomic E-state index is 11.4. The van der Waals surface area contributed by atoms with Crippen LogP contribution in [0.1, 0.15) is 36.1 Å². The maximum Gasteiger partial charge on any atom is 0.229 e. The highest BCUT2D eigenvalue weighted by molar-refractivity contribution is 7.92. The van der Waals surface area contributed by atoms with Crippen molar-refractivity contribution < 1.29 is 17.9 Å². The fourth-order valence-corrected chi connectivity index (χ4v) is 4.35. The van der Waals surface area contributed by atoms with Crippen LogP contribution in [-0.2, 0) is 22.0 Å². The van der Waals surface area contributed by atoms with Gasteiger partial charge < -0.3 is 9.47 Å². The summed E-state index contributed by atoms with van der Waals surface area (Å²) in [6, 6.07) is 15.0. The Bertz CT molecular complexity index is 1340. The van der Waals surface area contributed by atoms with Crippen molar-refractivity contribution in [3.05, 3.63) is 82.1 Å². The highest BCUT2D eigenvalue weighted by atomic mass is 35.5. The minimum absolute atomic E-state index is 0.222. The zero-order chi connectivity index (χ0) is 25.6. The van der Waals surface area contributed by atoms with Crippen LogP contribution in [0.4, 0.5) is 5.69 Å². The van der Waals surface area contributed by atoms with E-state index in [0.29, 0.717) is 33.7 Å². The first-order valence-electron chi connectivity index (χ1n) is 10.6. The number of halogens is 2. The molecule has 0 aliphatic rings. The topological polar surface area (TPSA) is 101 Å². The van der Waals surface area contributed by atoms with Crippen molar-refractivity contribution in [1.29, 1.82) is 5.26 Å². The molecule has 7 nitrogen and oxygen atoms in total. The van der Waals surface area contributed by atoms with Gasteiger partial charge in [-0.05, 0) is 41.5 Å². The van der Waals surface area contributed by atoms with Gasteiger partial charge in [-0.2, -0.15) is 5.26 Å². The second-order valence-corrected chi connectivity index (χ2v) is 10.9. The van der Waals surface area contributed by atoms with Crippen molar-refractivity contribution in [1.82, 2.24) is 4.98 Å². The van der Waals surface area contributed by atoms with Crippen LogP contribution in [0.25, 0.3) is 0 Å². The number of anilines is 1. The van der Waals surface area contributed by atoms with Crippen molar-refractivity contribution in [2.24, 2.45) is 0 Å². The smallest absolute Gasteiger partial charge is 0.229 e. The molecule has 3 aromatic rings. The third kappa shape index (κ3) is 7.01. The Balaban J connectivity index is 1.75. The van der Waals surface area contributed by atoms with Crippen LogP contribution in [0.15, 0.2) is 54.9 Å². The molecule has 0 aliphatic carbocycles. The fourth-order valence-electron chi connectivity index (χ4n) is 3.46. The van der Waals surface area contributed by atoms with Gasteiger partial charge in [0, 0.05) is 17.2 Å². The van der Waals surface area contributed by atoms with Gasteiger partial charge in [0.15, 0.2) is 5.75 Å². The molecule has 0 saturated carbocycles. The van der Waals surface area contributed by atoms with Gasteiger partial charge in [0.2, 0.25) is 10.0 Å². The highest BCUT2D eigenvalue weighted by Crippen LogP contribution is 2.38. The van der Waals surface area contributed by atoms with Crippen molar-refractivity contribution in [3.63, 3.8) is 0 Å². The summed E-state index contributed by atoms with van der Waals surface area (Å²) in [7, 11) is -3.39.